The molecular weight excluding hydrogens is 404 g/mol. The average Bonchev–Trinajstić information content (AvgIpc) is 3.61. The molecule has 4 rings (SSSR count). The quantitative estimate of drug-likeness (QED) is 0.622. The summed E-state index contributed by atoms with van der Waals surface area (Å²) >= 11 is 0. The SMILES string of the molecule is Cc1ccc(Cn2c(=O)c(C(=O)NCC3CC3)nn(-c3ccc(C(C)C)cc3)c2=O)cc1. The van der Waals surface area contributed by atoms with E-state index in [-0.39, 0.29) is 12.2 Å². The molecule has 1 heterocycles. The minimum Gasteiger partial charge on any atom is -0.350 e. The summed E-state index contributed by atoms with van der Waals surface area (Å²) in [5.41, 5.74) is 1.98. The maximum absolute atomic E-state index is 13.3. The Kier molecular flexibility index (Phi) is 6.08. The molecule has 2 aromatic carbocycles. The first kappa shape index (κ1) is 21.7. The van der Waals surface area contributed by atoms with Gasteiger partial charge in [-0.15, -0.1) is 0 Å². The van der Waals surface area contributed by atoms with Crippen molar-refractivity contribution < 1.29 is 4.79 Å². The Labute approximate surface area is 186 Å². The Balaban J connectivity index is 1.79. The smallest absolute Gasteiger partial charge is 0.350 e. The standard InChI is InChI=1S/C25H28N4O3/c1-16(2)20-10-12-21(13-11-20)29-25(32)28(15-19-6-4-17(3)5-7-19)24(31)22(27-29)23(30)26-14-18-8-9-18/h4-7,10-13,16,18H,8-9,14-15H2,1-3H3,(H,26,30). The highest BCUT2D eigenvalue weighted by atomic mass is 16.2. The van der Waals surface area contributed by atoms with Crippen LogP contribution in [0.1, 0.15) is 59.8 Å². The van der Waals surface area contributed by atoms with Crippen LogP contribution in [0.15, 0.2) is 58.1 Å². The summed E-state index contributed by atoms with van der Waals surface area (Å²) in [6.07, 6.45) is 2.15. The Hall–Kier alpha value is -3.48. The molecule has 1 fully saturated rings. The van der Waals surface area contributed by atoms with E-state index in [2.05, 4.69) is 24.3 Å². The van der Waals surface area contributed by atoms with Gasteiger partial charge in [-0.3, -0.25) is 14.2 Å². The minimum atomic E-state index is -0.682. The lowest BCUT2D eigenvalue weighted by Gasteiger charge is -2.13. The third-order valence-corrected chi connectivity index (χ3v) is 5.79. The van der Waals surface area contributed by atoms with Crippen LogP contribution in [0.4, 0.5) is 0 Å². The van der Waals surface area contributed by atoms with Gasteiger partial charge in [0, 0.05) is 6.54 Å². The summed E-state index contributed by atoms with van der Waals surface area (Å²) < 4.78 is 2.23. The second kappa shape index (κ2) is 8.94. The van der Waals surface area contributed by atoms with E-state index < -0.39 is 17.2 Å². The number of nitrogens with one attached hydrogen (secondary N) is 1. The molecular formula is C25H28N4O3. The first-order chi connectivity index (χ1) is 15.3. The topological polar surface area (TPSA) is 86.0 Å². The van der Waals surface area contributed by atoms with Crippen molar-refractivity contribution in [1.29, 1.82) is 0 Å². The normalized spacial score (nSPS) is 13.4. The van der Waals surface area contributed by atoms with Crippen LogP contribution in [0.5, 0.6) is 0 Å². The molecule has 32 heavy (non-hydrogen) atoms. The lowest BCUT2D eigenvalue weighted by Crippen LogP contribution is -2.46. The number of carbonyl (C=O) groups excluding carboxylic acids is 1. The third-order valence-electron chi connectivity index (χ3n) is 5.79. The number of benzene rings is 2. The van der Waals surface area contributed by atoms with Gasteiger partial charge in [-0.05, 0) is 54.9 Å². The minimum absolute atomic E-state index is 0.0629. The second-order valence-corrected chi connectivity index (χ2v) is 8.82. The number of hydrogen-bond acceptors (Lipinski definition) is 4. The van der Waals surface area contributed by atoms with Crippen LogP contribution in [0.2, 0.25) is 0 Å². The largest absolute Gasteiger partial charge is 0.352 e. The molecule has 1 aliphatic rings. The van der Waals surface area contributed by atoms with Crippen molar-refractivity contribution in [2.24, 2.45) is 5.92 Å². The first-order valence-corrected chi connectivity index (χ1v) is 11.0. The van der Waals surface area contributed by atoms with Gasteiger partial charge in [-0.25, -0.2) is 4.79 Å². The zero-order valence-corrected chi connectivity index (χ0v) is 18.7. The van der Waals surface area contributed by atoms with E-state index in [9.17, 15) is 14.4 Å². The van der Waals surface area contributed by atoms with Crippen molar-refractivity contribution in [3.63, 3.8) is 0 Å². The van der Waals surface area contributed by atoms with Crippen LogP contribution in [0.25, 0.3) is 5.69 Å². The van der Waals surface area contributed by atoms with Crippen molar-refractivity contribution in [2.45, 2.75) is 46.1 Å². The predicted octanol–water partition coefficient (Wildman–Crippen LogP) is 3.01. The van der Waals surface area contributed by atoms with Crippen molar-refractivity contribution in [2.75, 3.05) is 6.54 Å². The summed E-state index contributed by atoms with van der Waals surface area (Å²) in [5, 5.41) is 6.98. The average molecular weight is 433 g/mol. The van der Waals surface area contributed by atoms with Crippen molar-refractivity contribution in [3.8, 4) is 5.69 Å². The number of aryl methyl sites for hydroxylation is 1. The fourth-order valence-corrected chi connectivity index (χ4v) is 3.48. The maximum atomic E-state index is 13.3. The number of rotatable bonds is 7. The Morgan fingerprint density at radius 1 is 1.06 bits per heavy atom. The lowest BCUT2D eigenvalue weighted by atomic mass is 10.0. The summed E-state index contributed by atoms with van der Waals surface area (Å²) in [4.78, 5) is 39.2. The number of carbonyl (C=O) groups is 1. The Bertz CT molecular complexity index is 1230. The van der Waals surface area contributed by atoms with Gasteiger partial charge in [0.05, 0.1) is 12.2 Å². The van der Waals surface area contributed by atoms with Crippen molar-refractivity contribution in [3.05, 3.63) is 91.8 Å². The van der Waals surface area contributed by atoms with Gasteiger partial charge < -0.3 is 5.32 Å². The van der Waals surface area contributed by atoms with E-state index in [0.29, 0.717) is 24.1 Å². The van der Waals surface area contributed by atoms with Crippen LogP contribution in [-0.4, -0.2) is 26.8 Å². The fraction of sp³-hybridized carbons (Fsp3) is 0.360. The molecule has 0 unspecified atom stereocenters. The molecule has 0 atom stereocenters. The van der Waals surface area contributed by atoms with Gasteiger partial charge in [-0.2, -0.15) is 9.78 Å². The number of nitrogens with zero attached hydrogens (tertiary/aromatic N) is 3. The molecule has 0 saturated heterocycles. The van der Waals surface area contributed by atoms with E-state index in [4.69, 9.17) is 0 Å². The van der Waals surface area contributed by atoms with Crippen LogP contribution in [0.3, 0.4) is 0 Å². The van der Waals surface area contributed by atoms with Crippen LogP contribution >= 0.6 is 0 Å². The van der Waals surface area contributed by atoms with E-state index in [1.807, 2.05) is 43.3 Å². The van der Waals surface area contributed by atoms with Gasteiger partial charge in [0.25, 0.3) is 11.5 Å². The molecule has 1 amide bonds. The highest BCUT2D eigenvalue weighted by molar-refractivity contribution is 5.91. The second-order valence-electron chi connectivity index (χ2n) is 8.82. The Morgan fingerprint density at radius 3 is 2.31 bits per heavy atom. The number of hydrogen-bond donors (Lipinski definition) is 1. The summed E-state index contributed by atoms with van der Waals surface area (Å²) in [6.45, 7) is 6.72. The van der Waals surface area contributed by atoms with E-state index in [0.717, 1.165) is 38.8 Å². The first-order valence-electron chi connectivity index (χ1n) is 11.0. The molecule has 166 valence electrons. The summed E-state index contributed by atoms with van der Waals surface area (Å²) in [6, 6.07) is 15.0. The highest BCUT2D eigenvalue weighted by Gasteiger charge is 2.25. The zero-order chi connectivity index (χ0) is 22.8. The molecule has 1 saturated carbocycles. The van der Waals surface area contributed by atoms with Gasteiger partial charge in [0.2, 0.25) is 5.69 Å². The van der Waals surface area contributed by atoms with Crippen molar-refractivity contribution in [1.82, 2.24) is 19.7 Å². The highest BCUT2D eigenvalue weighted by Crippen LogP contribution is 2.27. The number of amides is 1. The zero-order valence-electron chi connectivity index (χ0n) is 18.7. The van der Waals surface area contributed by atoms with E-state index in [1.54, 1.807) is 12.1 Å². The molecule has 0 spiro atoms. The molecule has 1 aromatic heterocycles. The monoisotopic (exact) mass is 432 g/mol. The molecule has 7 heteroatoms. The van der Waals surface area contributed by atoms with Gasteiger partial charge in [0.15, 0.2) is 0 Å². The maximum Gasteiger partial charge on any atom is 0.352 e. The molecule has 0 aliphatic heterocycles. The summed E-state index contributed by atoms with van der Waals surface area (Å²) in [5.74, 6) is 0.253. The fourth-order valence-electron chi connectivity index (χ4n) is 3.48. The van der Waals surface area contributed by atoms with Gasteiger partial charge >= 0.3 is 5.69 Å². The van der Waals surface area contributed by atoms with Crippen LogP contribution in [0, 0.1) is 12.8 Å². The van der Waals surface area contributed by atoms with E-state index >= 15 is 0 Å². The molecule has 1 aliphatic carbocycles. The number of aromatic nitrogens is 3. The predicted molar refractivity (Wildman–Crippen MR) is 124 cm³/mol. The third kappa shape index (κ3) is 4.72. The molecule has 1 N–H and O–H groups in total. The lowest BCUT2D eigenvalue weighted by molar-refractivity contribution is 0.0942. The van der Waals surface area contributed by atoms with Crippen molar-refractivity contribution >= 4 is 5.91 Å². The molecule has 3 aromatic rings. The molecule has 7 nitrogen and oxygen atoms in total. The molecule has 0 radical (unpaired) electrons. The molecule has 0 bridgehead atoms. The van der Waals surface area contributed by atoms with Crippen LogP contribution < -0.4 is 16.6 Å². The van der Waals surface area contributed by atoms with Gasteiger partial charge in [-0.1, -0.05) is 55.8 Å². The Morgan fingerprint density at radius 2 is 1.72 bits per heavy atom. The van der Waals surface area contributed by atoms with Crippen LogP contribution in [-0.2, 0) is 6.54 Å². The van der Waals surface area contributed by atoms with E-state index in [1.165, 1.54) is 0 Å². The summed E-state index contributed by atoms with van der Waals surface area (Å²) in [7, 11) is 0. The van der Waals surface area contributed by atoms with Gasteiger partial charge in [0.1, 0.15) is 0 Å².